The predicted octanol–water partition coefficient (Wildman–Crippen LogP) is 6.61. The molecule has 5 rings (SSSR count). The van der Waals surface area contributed by atoms with Gasteiger partial charge in [-0.2, -0.15) is 0 Å². The van der Waals surface area contributed by atoms with Crippen molar-refractivity contribution >= 4 is 57.1 Å². The maximum Gasteiger partial charge on any atom is 0.326 e. The smallest absolute Gasteiger partial charge is 0.326 e. The Labute approximate surface area is 283 Å². The third-order valence-corrected chi connectivity index (χ3v) is 7.95. The second-order valence-electron chi connectivity index (χ2n) is 11.2. The van der Waals surface area contributed by atoms with E-state index in [-0.39, 0.29) is 29.8 Å². The van der Waals surface area contributed by atoms with Gasteiger partial charge in [0.05, 0.1) is 11.9 Å². The summed E-state index contributed by atoms with van der Waals surface area (Å²) in [5.74, 6) is -0.673. The van der Waals surface area contributed by atoms with Crippen molar-refractivity contribution < 1.29 is 31.5 Å². The van der Waals surface area contributed by atoms with Crippen LogP contribution in [0.2, 0.25) is 0 Å². The first-order valence-corrected chi connectivity index (χ1v) is 16.7. The highest BCUT2D eigenvalue weighted by atomic mass is 35.5. The summed E-state index contributed by atoms with van der Waals surface area (Å²) in [4.78, 5) is 33.2. The van der Waals surface area contributed by atoms with E-state index in [1.807, 2.05) is 6.07 Å². The molecule has 1 saturated heterocycles. The molecule has 11 nitrogen and oxygen atoms in total. The topological polar surface area (TPSA) is 133 Å². The Kier molecular flexibility index (Phi) is 11.9. The van der Waals surface area contributed by atoms with Gasteiger partial charge in [-0.3, -0.25) is 19.3 Å². The summed E-state index contributed by atoms with van der Waals surface area (Å²) in [7, 11) is -3.37. The molecular weight excluding hydrogens is 666 g/mol. The predicted molar refractivity (Wildman–Crippen MR) is 183 cm³/mol. The highest BCUT2D eigenvalue weighted by molar-refractivity contribution is 7.92. The number of hydrogen-bond acceptors (Lipinski definition) is 7. The number of aromatic nitrogens is 1. The van der Waals surface area contributed by atoms with Crippen LogP contribution in [0.25, 0.3) is 0 Å². The van der Waals surface area contributed by atoms with E-state index in [2.05, 4.69) is 25.2 Å². The van der Waals surface area contributed by atoms with Crippen LogP contribution in [0.5, 0.6) is 11.6 Å². The largest absolute Gasteiger partial charge is 0.439 e. The lowest BCUT2D eigenvalue weighted by atomic mass is 10.0. The number of sulfonamides is 1. The average molecular weight is 701 g/mol. The molecule has 1 aromatic heterocycles. The van der Waals surface area contributed by atoms with Crippen LogP contribution >= 0.6 is 12.4 Å². The highest BCUT2D eigenvalue weighted by Crippen LogP contribution is 2.28. The number of halogens is 3. The van der Waals surface area contributed by atoms with Crippen molar-refractivity contribution in [3.8, 4) is 11.6 Å². The lowest BCUT2D eigenvalue weighted by Gasteiger charge is -2.38. The molecule has 1 fully saturated rings. The van der Waals surface area contributed by atoms with Crippen LogP contribution in [-0.2, 0) is 21.4 Å². The van der Waals surface area contributed by atoms with E-state index in [1.165, 1.54) is 36.1 Å². The maximum atomic E-state index is 14.2. The Bertz CT molecular complexity index is 1840. The number of amides is 3. The normalized spacial score (nSPS) is 13.6. The quantitative estimate of drug-likeness (QED) is 0.170. The van der Waals surface area contributed by atoms with Crippen molar-refractivity contribution in [2.24, 2.45) is 0 Å². The van der Waals surface area contributed by atoms with Gasteiger partial charge in [-0.05, 0) is 79.1 Å². The SMILES string of the molecule is CC(=O)Nc1cc(NC(=O)N(c2cccc(F)c2)C2CCN(Cc3ccc(Oc4ccc(NS(C)(=O)=O)cc4)nc3)CC2)ccc1F.Cl. The van der Waals surface area contributed by atoms with Gasteiger partial charge in [-0.15, -0.1) is 12.4 Å². The molecule has 15 heteroatoms. The van der Waals surface area contributed by atoms with Gasteiger partial charge in [0.1, 0.15) is 17.4 Å². The highest BCUT2D eigenvalue weighted by Gasteiger charge is 2.30. The van der Waals surface area contributed by atoms with Crippen LogP contribution in [0.4, 0.5) is 36.3 Å². The second kappa shape index (κ2) is 15.9. The molecule has 2 heterocycles. The molecule has 3 aromatic carbocycles. The second-order valence-corrected chi connectivity index (χ2v) is 12.9. The van der Waals surface area contributed by atoms with Crippen LogP contribution in [0, 0.1) is 11.6 Å². The van der Waals surface area contributed by atoms with Crippen LogP contribution in [0.15, 0.2) is 85.1 Å². The Morgan fingerprint density at radius 1 is 0.958 bits per heavy atom. The minimum atomic E-state index is -3.37. The summed E-state index contributed by atoms with van der Waals surface area (Å²) in [6, 6.07) is 19.1. The molecule has 0 unspecified atom stereocenters. The van der Waals surface area contributed by atoms with Gasteiger partial charge >= 0.3 is 6.03 Å². The number of pyridine rings is 1. The zero-order valence-electron chi connectivity index (χ0n) is 26.2. The summed E-state index contributed by atoms with van der Waals surface area (Å²) >= 11 is 0. The van der Waals surface area contributed by atoms with Crippen molar-refractivity contribution in [1.82, 2.24) is 9.88 Å². The van der Waals surface area contributed by atoms with Crippen molar-refractivity contribution in [3.63, 3.8) is 0 Å². The Morgan fingerprint density at radius 3 is 2.29 bits per heavy atom. The molecule has 0 saturated carbocycles. The number of benzene rings is 3. The van der Waals surface area contributed by atoms with Crippen molar-refractivity contribution in [2.75, 3.05) is 39.6 Å². The molecular formula is C33H35ClF2N6O5S. The minimum Gasteiger partial charge on any atom is -0.439 e. The fourth-order valence-electron chi connectivity index (χ4n) is 5.28. The van der Waals surface area contributed by atoms with E-state index >= 15 is 0 Å². The molecule has 0 spiro atoms. The van der Waals surface area contributed by atoms with Crippen LogP contribution in [0.1, 0.15) is 25.3 Å². The Balaban J connectivity index is 0.00000520. The number of carbonyl (C=O) groups excluding carboxylic acids is 2. The number of nitrogens with one attached hydrogen (secondary N) is 3. The monoisotopic (exact) mass is 700 g/mol. The van der Waals surface area contributed by atoms with Crippen molar-refractivity contribution in [1.29, 1.82) is 0 Å². The average Bonchev–Trinajstić information content (AvgIpc) is 3.01. The van der Waals surface area contributed by atoms with E-state index in [0.717, 1.165) is 17.9 Å². The fourth-order valence-corrected chi connectivity index (χ4v) is 5.84. The van der Waals surface area contributed by atoms with Crippen molar-refractivity contribution in [2.45, 2.75) is 32.4 Å². The summed E-state index contributed by atoms with van der Waals surface area (Å²) in [6.45, 7) is 3.22. The van der Waals surface area contributed by atoms with Gasteiger partial charge in [-0.25, -0.2) is 27.0 Å². The first-order valence-electron chi connectivity index (χ1n) is 14.8. The standard InChI is InChI=1S/C33H34F2N6O5S.ClH/c1-22(42)37-31-19-26(9-12-30(31)35)38-33(43)41(28-5-3-4-24(34)18-28)27-14-16-40(17-15-27)21-23-6-13-32(36-20-23)46-29-10-7-25(8-11-29)39-47(2,44)45;/h3-13,18-20,27,39H,14-17,21H2,1-2H3,(H,37,42)(H,38,43);1H. The third kappa shape index (κ3) is 10.1. The molecule has 4 aromatic rings. The van der Waals surface area contributed by atoms with E-state index in [0.29, 0.717) is 55.5 Å². The summed E-state index contributed by atoms with van der Waals surface area (Å²) < 4.78 is 59.4. The Hall–Kier alpha value is -4.79. The molecule has 1 aliphatic rings. The van der Waals surface area contributed by atoms with Crippen molar-refractivity contribution in [3.05, 3.63) is 102 Å². The van der Waals surface area contributed by atoms with Gasteiger partial charge in [0.15, 0.2) is 0 Å². The molecule has 0 atom stereocenters. The molecule has 0 bridgehead atoms. The molecule has 0 radical (unpaired) electrons. The van der Waals surface area contributed by atoms with E-state index in [9.17, 15) is 26.8 Å². The third-order valence-electron chi connectivity index (χ3n) is 7.34. The molecule has 3 N–H and O–H groups in total. The number of ether oxygens (including phenoxy) is 1. The fraction of sp³-hybridized carbons (Fsp3) is 0.242. The number of nitrogens with zero attached hydrogens (tertiary/aromatic N) is 3. The Morgan fingerprint density at radius 2 is 1.67 bits per heavy atom. The van der Waals surface area contributed by atoms with Gasteiger partial charge in [0.25, 0.3) is 0 Å². The maximum absolute atomic E-state index is 14.2. The first kappa shape index (κ1) is 36.1. The van der Waals surface area contributed by atoms with Crippen LogP contribution in [0.3, 0.4) is 0 Å². The number of rotatable bonds is 10. The van der Waals surface area contributed by atoms with Crippen LogP contribution in [-0.4, -0.2) is 55.6 Å². The number of piperidine rings is 1. The molecule has 3 amide bonds. The molecule has 1 aliphatic heterocycles. The van der Waals surface area contributed by atoms with Gasteiger partial charge < -0.3 is 15.4 Å². The number of hydrogen-bond donors (Lipinski definition) is 3. The molecule has 0 aliphatic carbocycles. The lowest BCUT2D eigenvalue weighted by molar-refractivity contribution is -0.114. The summed E-state index contributed by atoms with van der Waals surface area (Å²) in [6.07, 6.45) is 4.04. The van der Waals surface area contributed by atoms with Gasteiger partial charge in [0, 0.05) is 61.9 Å². The van der Waals surface area contributed by atoms with Gasteiger partial charge in [0.2, 0.25) is 21.8 Å². The first-order chi connectivity index (χ1) is 22.4. The van der Waals surface area contributed by atoms with E-state index < -0.39 is 33.6 Å². The molecule has 48 heavy (non-hydrogen) atoms. The summed E-state index contributed by atoms with van der Waals surface area (Å²) in [5.41, 5.74) is 2.01. The number of likely N-dealkylation sites (tertiary alicyclic amines) is 1. The zero-order valence-corrected chi connectivity index (χ0v) is 27.8. The minimum absolute atomic E-state index is 0. The van der Waals surface area contributed by atoms with Gasteiger partial charge in [-0.1, -0.05) is 12.1 Å². The number of carbonyl (C=O) groups is 2. The zero-order chi connectivity index (χ0) is 33.6. The number of urea groups is 1. The van der Waals surface area contributed by atoms with E-state index in [4.69, 9.17) is 4.74 Å². The van der Waals surface area contributed by atoms with Crippen LogP contribution < -0.4 is 25.0 Å². The summed E-state index contributed by atoms with van der Waals surface area (Å²) in [5, 5.41) is 5.17. The molecule has 254 valence electrons. The number of anilines is 4. The lowest BCUT2D eigenvalue weighted by Crippen LogP contribution is -2.49. The van der Waals surface area contributed by atoms with E-state index in [1.54, 1.807) is 48.7 Å².